The number of anilines is 1. The summed E-state index contributed by atoms with van der Waals surface area (Å²) in [5.41, 5.74) is 0.976. The van der Waals surface area contributed by atoms with Gasteiger partial charge < -0.3 is 5.32 Å². The van der Waals surface area contributed by atoms with E-state index in [1.165, 1.54) is 6.08 Å². The molecule has 0 aliphatic carbocycles. The van der Waals surface area contributed by atoms with Crippen LogP contribution in [0.4, 0.5) is 5.69 Å². The zero-order valence-electron chi connectivity index (χ0n) is 8.55. The van der Waals surface area contributed by atoms with Crippen LogP contribution in [0.25, 0.3) is 10.8 Å². The van der Waals surface area contributed by atoms with Crippen LogP contribution in [0.15, 0.2) is 54.7 Å². The third-order valence-corrected chi connectivity index (χ3v) is 2.40. The minimum absolute atomic E-state index is 0.271. The Balaban J connectivity index is 2.34. The molecule has 0 unspecified atom stereocenters. The number of hydrogen-bond donors (Lipinski definition) is 2. The lowest BCUT2D eigenvalue weighted by Crippen LogP contribution is -1.90. The van der Waals surface area contributed by atoms with E-state index in [2.05, 4.69) is 17.9 Å². The van der Waals surface area contributed by atoms with E-state index in [0.29, 0.717) is 0 Å². The molecule has 2 aromatic rings. The molecule has 0 aliphatic rings. The Labute approximate surface area is 99.4 Å². The number of hydrogen-bond acceptors (Lipinski definition) is 2. The second-order valence-electron chi connectivity index (χ2n) is 3.34. The summed E-state index contributed by atoms with van der Waals surface area (Å²) in [7, 11) is 0. The molecule has 0 fully saturated rings. The molecule has 2 aromatic carbocycles. The Hall–Kier alpha value is -1.74. The first-order valence-electron chi connectivity index (χ1n) is 4.91. The van der Waals surface area contributed by atoms with Crippen LogP contribution in [0, 0.1) is 0 Å². The second-order valence-corrected chi connectivity index (χ2v) is 3.78. The Morgan fingerprint density at radius 2 is 1.88 bits per heavy atom. The Morgan fingerprint density at radius 3 is 2.69 bits per heavy atom. The highest BCUT2D eigenvalue weighted by atomic mass is 32.1. The summed E-state index contributed by atoms with van der Waals surface area (Å²) in [5, 5.41) is 5.09. The molecule has 80 valence electrons. The maximum Gasteiger partial charge on any atom is 0.210 e. The summed E-state index contributed by atoms with van der Waals surface area (Å²) in [4.78, 5) is 10.6. The van der Waals surface area contributed by atoms with E-state index in [4.69, 9.17) is 0 Å². The van der Waals surface area contributed by atoms with Crippen molar-refractivity contribution in [3.05, 3.63) is 54.7 Å². The lowest BCUT2D eigenvalue weighted by atomic mass is 10.1. The van der Waals surface area contributed by atoms with Gasteiger partial charge >= 0.3 is 0 Å². The summed E-state index contributed by atoms with van der Waals surface area (Å²) >= 11 is 3.65. The number of nitrogens with one attached hydrogen (secondary N) is 1. The van der Waals surface area contributed by atoms with Gasteiger partial charge in [0.15, 0.2) is 0 Å². The Morgan fingerprint density at radius 1 is 1.12 bits per heavy atom. The highest BCUT2D eigenvalue weighted by Crippen LogP contribution is 2.22. The average Bonchev–Trinajstić information content (AvgIpc) is 2.29. The fourth-order valence-electron chi connectivity index (χ4n) is 1.55. The van der Waals surface area contributed by atoms with E-state index >= 15 is 0 Å². The SMILES string of the molecule is O=C(S)/C=C/Nc1cccc2ccccc12. The molecule has 0 aliphatic heterocycles. The van der Waals surface area contributed by atoms with E-state index in [1.807, 2.05) is 42.5 Å². The quantitative estimate of drug-likeness (QED) is 0.625. The molecule has 3 heteroatoms. The smallest absolute Gasteiger partial charge is 0.210 e. The van der Waals surface area contributed by atoms with Crippen molar-refractivity contribution in [3.63, 3.8) is 0 Å². The molecule has 0 bridgehead atoms. The van der Waals surface area contributed by atoms with E-state index < -0.39 is 0 Å². The van der Waals surface area contributed by atoms with Crippen LogP contribution >= 0.6 is 12.6 Å². The number of fused-ring (bicyclic) bond motifs is 1. The van der Waals surface area contributed by atoms with Gasteiger partial charge in [-0.2, -0.15) is 0 Å². The molecule has 0 aromatic heterocycles. The van der Waals surface area contributed by atoms with E-state index in [9.17, 15) is 4.79 Å². The molecule has 0 saturated carbocycles. The van der Waals surface area contributed by atoms with Crippen LogP contribution in [0.3, 0.4) is 0 Å². The third-order valence-electron chi connectivity index (χ3n) is 2.25. The standard InChI is InChI=1S/C13H11NOS/c15-13(16)8-9-14-12-7-3-5-10-4-1-2-6-11(10)12/h1-9,14H,(H,15,16)/b9-8+. The maximum atomic E-state index is 10.6. The molecule has 0 saturated heterocycles. The van der Waals surface area contributed by atoms with Crippen molar-refractivity contribution in [2.75, 3.05) is 5.32 Å². The van der Waals surface area contributed by atoms with Crippen molar-refractivity contribution in [2.24, 2.45) is 0 Å². The van der Waals surface area contributed by atoms with Crippen LogP contribution in [-0.2, 0) is 4.79 Å². The fraction of sp³-hybridized carbons (Fsp3) is 0. The number of carbonyl (C=O) groups is 1. The molecule has 0 spiro atoms. The van der Waals surface area contributed by atoms with Gasteiger partial charge in [-0.1, -0.05) is 36.4 Å². The molecule has 0 heterocycles. The fourth-order valence-corrected chi connectivity index (χ4v) is 1.63. The topological polar surface area (TPSA) is 29.1 Å². The predicted molar refractivity (Wildman–Crippen MR) is 70.7 cm³/mol. The van der Waals surface area contributed by atoms with Crippen molar-refractivity contribution in [3.8, 4) is 0 Å². The number of rotatable bonds is 3. The van der Waals surface area contributed by atoms with E-state index in [0.717, 1.165) is 16.5 Å². The molecule has 2 nitrogen and oxygen atoms in total. The molecule has 1 N–H and O–H groups in total. The average molecular weight is 229 g/mol. The number of thiol groups is 1. The first-order valence-corrected chi connectivity index (χ1v) is 5.36. The van der Waals surface area contributed by atoms with Crippen molar-refractivity contribution in [2.45, 2.75) is 0 Å². The van der Waals surface area contributed by atoms with Gasteiger partial charge in [-0.3, -0.25) is 4.79 Å². The minimum atomic E-state index is -0.271. The van der Waals surface area contributed by atoms with E-state index in [-0.39, 0.29) is 5.12 Å². The second kappa shape index (κ2) is 4.86. The maximum absolute atomic E-state index is 10.6. The molecule has 0 amide bonds. The highest BCUT2D eigenvalue weighted by molar-refractivity contribution is 7.97. The van der Waals surface area contributed by atoms with Crippen LogP contribution in [-0.4, -0.2) is 5.12 Å². The lowest BCUT2D eigenvalue weighted by molar-refractivity contribution is -0.106. The van der Waals surface area contributed by atoms with Crippen molar-refractivity contribution in [1.82, 2.24) is 0 Å². The molecule has 0 atom stereocenters. The summed E-state index contributed by atoms with van der Waals surface area (Å²) in [6.07, 6.45) is 2.97. The van der Waals surface area contributed by atoms with Gasteiger partial charge in [0.05, 0.1) is 0 Å². The molecular formula is C13H11NOS. The lowest BCUT2D eigenvalue weighted by Gasteiger charge is -2.05. The van der Waals surface area contributed by atoms with Crippen molar-refractivity contribution in [1.29, 1.82) is 0 Å². The monoisotopic (exact) mass is 229 g/mol. The normalized spacial score (nSPS) is 10.8. The van der Waals surface area contributed by atoms with Gasteiger partial charge in [-0.25, -0.2) is 0 Å². The first-order chi connectivity index (χ1) is 7.77. The summed E-state index contributed by atoms with van der Waals surface area (Å²) < 4.78 is 0. The van der Waals surface area contributed by atoms with Crippen LogP contribution < -0.4 is 5.32 Å². The zero-order valence-corrected chi connectivity index (χ0v) is 9.45. The van der Waals surface area contributed by atoms with Gasteiger partial charge in [-0.05, 0) is 11.5 Å². The summed E-state index contributed by atoms with van der Waals surface area (Å²) in [5.74, 6) is 0. The predicted octanol–water partition coefficient (Wildman–Crippen LogP) is 3.22. The minimum Gasteiger partial charge on any atom is -0.361 e. The molecular weight excluding hydrogens is 218 g/mol. The van der Waals surface area contributed by atoms with Crippen LogP contribution in [0.1, 0.15) is 0 Å². The van der Waals surface area contributed by atoms with E-state index in [1.54, 1.807) is 6.20 Å². The van der Waals surface area contributed by atoms with Gasteiger partial charge in [0.2, 0.25) is 5.12 Å². The summed E-state index contributed by atoms with van der Waals surface area (Å²) in [6.45, 7) is 0. The highest BCUT2D eigenvalue weighted by Gasteiger charge is 1.96. The Kier molecular flexibility index (Phi) is 3.27. The summed E-state index contributed by atoms with van der Waals surface area (Å²) in [6, 6.07) is 14.1. The largest absolute Gasteiger partial charge is 0.361 e. The first kappa shape index (κ1) is 10.8. The zero-order chi connectivity index (χ0) is 11.4. The van der Waals surface area contributed by atoms with Crippen molar-refractivity contribution < 1.29 is 4.79 Å². The number of carbonyl (C=O) groups excluding carboxylic acids is 1. The van der Waals surface area contributed by atoms with Crippen LogP contribution in [0.2, 0.25) is 0 Å². The van der Waals surface area contributed by atoms with Crippen LogP contribution in [0.5, 0.6) is 0 Å². The van der Waals surface area contributed by atoms with Gasteiger partial charge in [0.1, 0.15) is 0 Å². The number of benzene rings is 2. The van der Waals surface area contributed by atoms with Gasteiger partial charge in [0, 0.05) is 23.3 Å². The molecule has 16 heavy (non-hydrogen) atoms. The third kappa shape index (κ3) is 2.44. The van der Waals surface area contributed by atoms with Gasteiger partial charge in [0.25, 0.3) is 0 Å². The Bertz CT molecular complexity index is 543. The molecule has 2 rings (SSSR count). The van der Waals surface area contributed by atoms with Gasteiger partial charge in [-0.15, -0.1) is 12.6 Å². The van der Waals surface area contributed by atoms with Crippen molar-refractivity contribution >= 4 is 34.2 Å². The molecule has 0 radical (unpaired) electrons.